The maximum Gasteiger partial charge on any atom is 0.226 e. The topological polar surface area (TPSA) is 53.0 Å². The summed E-state index contributed by atoms with van der Waals surface area (Å²) in [5.41, 5.74) is 0. The molecule has 0 bridgehead atoms. The summed E-state index contributed by atoms with van der Waals surface area (Å²) in [7, 11) is 0. The number of benzene rings is 1. The van der Waals surface area contributed by atoms with Gasteiger partial charge in [0.25, 0.3) is 0 Å². The van der Waals surface area contributed by atoms with Crippen LogP contribution in [0, 0.1) is 5.82 Å². The van der Waals surface area contributed by atoms with Crippen LogP contribution in [0.3, 0.4) is 0 Å². The zero-order valence-electron chi connectivity index (χ0n) is 13.9. The van der Waals surface area contributed by atoms with Gasteiger partial charge in [0, 0.05) is 38.3 Å². The van der Waals surface area contributed by atoms with Crippen LogP contribution in [-0.4, -0.2) is 65.7 Å². The monoisotopic (exact) mass is 336 g/mol. The number of piperazine rings is 1. The van der Waals surface area contributed by atoms with Crippen molar-refractivity contribution >= 4 is 5.91 Å². The summed E-state index contributed by atoms with van der Waals surface area (Å²) >= 11 is 0. The van der Waals surface area contributed by atoms with E-state index in [9.17, 15) is 14.3 Å². The van der Waals surface area contributed by atoms with Gasteiger partial charge in [-0.25, -0.2) is 4.39 Å². The first-order chi connectivity index (χ1) is 11.6. The molecule has 6 heteroatoms. The molecule has 24 heavy (non-hydrogen) atoms. The summed E-state index contributed by atoms with van der Waals surface area (Å²) in [6.45, 7) is 3.28. The minimum absolute atomic E-state index is 0.0676. The van der Waals surface area contributed by atoms with Gasteiger partial charge < -0.3 is 14.7 Å². The molecular weight excluding hydrogens is 311 g/mol. The molecule has 1 aliphatic heterocycles. The molecule has 1 saturated carbocycles. The lowest BCUT2D eigenvalue weighted by Crippen LogP contribution is -2.53. The fraction of sp³-hybridized carbons (Fsp3) is 0.611. The summed E-state index contributed by atoms with van der Waals surface area (Å²) in [5, 5.41) is 9.99. The van der Waals surface area contributed by atoms with Crippen LogP contribution in [0.2, 0.25) is 0 Å². The fourth-order valence-electron chi connectivity index (χ4n) is 3.62. The molecule has 1 aromatic rings. The smallest absolute Gasteiger partial charge is 0.226 e. The van der Waals surface area contributed by atoms with Crippen molar-refractivity contribution in [2.24, 2.45) is 0 Å². The van der Waals surface area contributed by atoms with E-state index >= 15 is 0 Å². The Hall–Kier alpha value is -1.66. The van der Waals surface area contributed by atoms with E-state index in [2.05, 4.69) is 4.90 Å². The molecule has 1 amide bonds. The minimum Gasteiger partial charge on any atom is -0.493 e. The Morgan fingerprint density at radius 3 is 2.71 bits per heavy atom. The molecule has 2 fully saturated rings. The molecule has 1 heterocycles. The molecule has 3 rings (SSSR count). The summed E-state index contributed by atoms with van der Waals surface area (Å²) in [4.78, 5) is 16.4. The lowest BCUT2D eigenvalue weighted by molar-refractivity contribution is -0.134. The first kappa shape index (κ1) is 17.2. The molecule has 1 aliphatic carbocycles. The molecule has 0 spiro atoms. The van der Waals surface area contributed by atoms with Crippen LogP contribution in [0.4, 0.5) is 4.39 Å². The van der Waals surface area contributed by atoms with Crippen LogP contribution in [0.15, 0.2) is 24.3 Å². The molecule has 1 aromatic carbocycles. The first-order valence-electron chi connectivity index (χ1n) is 8.72. The van der Waals surface area contributed by atoms with E-state index in [4.69, 9.17) is 4.74 Å². The molecule has 2 atom stereocenters. The summed E-state index contributed by atoms with van der Waals surface area (Å²) in [6.07, 6.45) is 3.11. The third-order valence-corrected chi connectivity index (χ3v) is 4.96. The molecule has 0 aromatic heterocycles. The molecule has 2 aliphatic rings. The van der Waals surface area contributed by atoms with E-state index < -0.39 is 0 Å². The van der Waals surface area contributed by atoms with Crippen molar-refractivity contribution in [3.05, 3.63) is 30.1 Å². The Kier molecular flexibility index (Phi) is 5.68. The van der Waals surface area contributed by atoms with Crippen LogP contribution in [-0.2, 0) is 4.79 Å². The van der Waals surface area contributed by atoms with Gasteiger partial charge in [-0.05, 0) is 31.4 Å². The van der Waals surface area contributed by atoms with Crippen LogP contribution in [0.25, 0.3) is 0 Å². The fourth-order valence-corrected chi connectivity index (χ4v) is 3.62. The highest BCUT2D eigenvalue weighted by atomic mass is 19.1. The number of aliphatic hydroxyl groups is 1. The van der Waals surface area contributed by atoms with Gasteiger partial charge in [-0.1, -0.05) is 6.07 Å². The number of hydrogen-bond donors (Lipinski definition) is 1. The molecule has 0 unspecified atom stereocenters. The highest BCUT2D eigenvalue weighted by molar-refractivity contribution is 5.76. The number of rotatable bonds is 5. The second-order valence-corrected chi connectivity index (χ2v) is 6.54. The van der Waals surface area contributed by atoms with Crippen LogP contribution in [0.5, 0.6) is 5.75 Å². The third kappa shape index (κ3) is 4.24. The van der Waals surface area contributed by atoms with Crippen molar-refractivity contribution in [1.82, 2.24) is 9.80 Å². The van der Waals surface area contributed by atoms with Gasteiger partial charge in [0.2, 0.25) is 5.91 Å². The predicted molar refractivity (Wildman–Crippen MR) is 88.3 cm³/mol. The lowest BCUT2D eigenvalue weighted by atomic mass is 10.1. The summed E-state index contributed by atoms with van der Waals surface area (Å²) in [5.74, 6) is 0.171. The van der Waals surface area contributed by atoms with E-state index in [1.165, 1.54) is 12.1 Å². The third-order valence-electron chi connectivity index (χ3n) is 4.96. The number of carbonyl (C=O) groups excluding carboxylic acids is 1. The van der Waals surface area contributed by atoms with E-state index in [0.29, 0.717) is 25.3 Å². The molecular formula is C18H25FN2O3. The molecule has 132 valence electrons. The highest BCUT2D eigenvalue weighted by Crippen LogP contribution is 2.25. The predicted octanol–water partition coefficient (Wildman–Crippen LogP) is 1.65. The van der Waals surface area contributed by atoms with Crippen LogP contribution in [0.1, 0.15) is 25.7 Å². The van der Waals surface area contributed by atoms with Gasteiger partial charge in [-0.2, -0.15) is 0 Å². The number of hydrogen-bond acceptors (Lipinski definition) is 4. The lowest BCUT2D eigenvalue weighted by Gasteiger charge is -2.39. The number of carbonyl (C=O) groups is 1. The van der Waals surface area contributed by atoms with Gasteiger partial charge in [0.15, 0.2) is 0 Å². The van der Waals surface area contributed by atoms with Gasteiger partial charge in [0.1, 0.15) is 11.6 Å². The van der Waals surface area contributed by atoms with E-state index in [0.717, 1.165) is 32.4 Å². The standard InChI is InChI=1S/C18H25FN2O3/c19-14-3-1-4-15(13-14)24-12-7-18(23)21-10-8-20(9-11-21)16-5-2-6-17(16)22/h1,3-4,13,16-17,22H,2,5-12H2/t16-,17+/m1/s1. The van der Waals surface area contributed by atoms with Crippen molar-refractivity contribution in [2.45, 2.75) is 37.8 Å². The number of halogens is 1. The van der Waals surface area contributed by atoms with Gasteiger partial charge in [-0.15, -0.1) is 0 Å². The molecule has 5 nitrogen and oxygen atoms in total. The number of aliphatic hydroxyl groups excluding tert-OH is 1. The van der Waals surface area contributed by atoms with E-state index in [1.807, 2.05) is 4.90 Å². The van der Waals surface area contributed by atoms with E-state index in [-0.39, 0.29) is 30.5 Å². The number of ether oxygens (including phenoxy) is 1. The van der Waals surface area contributed by atoms with Crippen LogP contribution < -0.4 is 4.74 Å². The Bertz CT molecular complexity index is 561. The second-order valence-electron chi connectivity index (χ2n) is 6.54. The van der Waals surface area contributed by atoms with Gasteiger partial charge >= 0.3 is 0 Å². The Morgan fingerprint density at radius 1 is 1.25 bits per heavy atom. The number of amides is 1. The Morgan fingerprint density at radius 2 is 2.04 bits per heavy atom. The van der Waals surface area contributed by atoms with Gasteiger partial charge in [0.05, 0.1) is 19.1 Å². The highest BCUT2D eigenvalue weighted by Gasteiger charge is 2.33. The van der Waals surface area contributed by atoms with Crippen molar-refractivity contribution in [1.29, 1.82) is 0 Å². The number of nitrogens with zero attached hydrogens (tertiary/aromatic N) is 2. The van der Waals surface area contributed by atoms with Crippen molar-refractivity contribution < 1.29 is 19.0 Å². The van der Waals surface area contributed by atoms with E-state index in [1.54, 1.807) is 12.1 Å². The maximum atomic E-state index is 13.1. The minimum atomic E-state index is -0.343. The van der Waals surface area contributed by atoms with Crippen molar-refractivity contribution in [3.63, 3.8) is 0 Å². The average molecular weight is 336 g/mol. The van der Waals surface area contributed by atoms with Gasteiger partial charge in [-0.3, -0.25) is 9.69 Å². The molecule has 1 N–H and O–H groups in total. The van der Waals surface area contributed by atoms with Crippen LogP contribution >= 0.6 is 0 Å². The van der Waals surface area contributed by atoms with Crippen molar-refractivity contribution in [3.8, 4) is 5.75 Å². The maximum absolute atomic E-state index is 13.1. The largest absolute Gasteiger partial charge is 0.493 e. The molecule has 1 saturated heterocycles. The Balaban J connectivity index is 1.39. The zero-order valence-corrected chi connectivity index (χ0v) is 13.9. The molecule has 0 radical (unpaired) electrons. The zero-order chi connectivity index (χ0) is 16.9. The average Bonchev–Trinajstić information content (AvgIpc) is 3.01. The summed E-state index contributed by atoms with van der Waals surface area (Å²) < 4.78 is 18.5. The first-order valence-corrected chi connectivity index (χ1v) is 8.72. The normalized spacial score (nSPS) is 25.0. The SMILES string of the molecule is O=C(CCOc1cccc(F)c1)N1CCN([C@@H]2CCC[C@@H]2O)CC1. The summed E-state index contributed by atoms with van der Waals surface area (Å²) in [6, 6.07) is 6.20. The second kappa shape index (κ2) is 7.94. The van der Waals surface area contributed by atoms with Crippen molar-refractivity contribution in [2.75, 3.05) is 32.8 Å². The Labute approximate surface area is 142 Å². The quantitative estimate of drug-likeness (QED) is 0.888.